The zero-order valence-electron chi connectivity index (χ0n) is 10.3. The molecule has 2 rings (SSSR count). The van der Waals surface area contributed by atoms with E-state index in [0.717, 1.165) is 0 Å². The summed E-state index contributed by atoms with van der Waals surface area (Å²) in [7, 11) is -1.37. The van der Waals surface area contributed by atoms with Gasteiger partial charge in [-0.05, 0) is 43.9 Å². The maximum Gasteiger partial charge on any atom is 0.488 e. The van der Waals surface area contributed by atoms with E-state index in [-0.39, 0.29) is 0 Å². The number of rotatable bonds is 3. The summed E-state index contributed by atoms with van der Waals surface area (Å²) in [5.74, 6) is 0. The fourth-order valence-corrected chi connectivity index (χ4v) is 2.46. The van der Waals surface area contributed by atoms with Gasteiger partial charge < -0.3 is 10.0 Å². The van der Waals surface area contributed by atoms with Crippen LogP contribution in [0.2, 0.25) is 0 Å². The molecule has 0 bridgehead atoms. The highest BCUT2D eigenvalue weighted by molar-refractivity contribution is 6.58. The van der Waals surface area contributed by atoms with E-state index in [4.69, 9.17) is 10.0 Å². The fourth-order valence-electron chi connectivity index (χ4n) is 2.46. The van der Waals surface area contributed by atoms with Gasteiger partial charge in [-0.2, -0.15) is 0 Å². The highest BCUT2D eigenvalue weighted by atomic mass is 16.4. The van der Waals surface area contributed by atoms with Crippen LogP contribution in [-0.2, 0) is 0 Å². The molecule has 1 aliphatic heterocycles. The Morgan fingerprint density at radius 2 is 1.65 bits per heavy atom. The first-order valence-electron chi connectivity index (χ1n) is 6.38. The van der Waals surface area contributed by atoms with Gasteiger partial charge in [-0.15, -0.1) is 0 Å². The minimum absolute atomic E-state index is 0.417. The van der Waals surface area contributed by atoms with Crippen molar-refractivity contribution in [2.45, 2.75) is 32.2 Å². The number of hydrogen-bond donors (Lipinski definition) is 2. The molecule has 3 nitrogen and oxygen atoms in total. The van der Waals surface area contributed by atoms with E-state index in [1.54, 1.807) is 12.1 Å². The molecule has 0 aliphatic carbocycles. The standard InChI is InChI=1S/C13H20BNO2/c1-11(15-9-3-2-4-10-15)12-5-7-13(8-6-12)14(16)17/h5-8,11,16-17H,2-4,9-10H2,1H3/t11-/m1/s1. The Kier molecular flexibility index (Phi) is 4.21. The summed E-state index contributed by atoms with van der Waals surface area (Å²) in [6, 6.07) is 7.99. The molecule has 4 heteroatoms. The van der Waals surface area contributed by atoms with Crippen LogP contribution in [0.4, 0.5) is 0 Å². The van der Waals surface area contributed by atoms with E-state index >= 15 is 0 Å². The van der Waals surface area contributed by atoms with Crippen LogP contribution >= 0.6 is 0 Å². The topological polar surface area (TPSA) is 43.7 Å². The molecule has 2 N–H and O–H groups in total. The van der Waals surface area contributed by atoms with E-state index in [1.165, 1.54) is 37.9 Å². The summed E-state index contributed by atoms with van der Waals surface area (Å²) in [5.41, 5.74) is 1.80. The van der Waals surface area contributed by atoms with Gasteiger partial charge in [-0.3, -0.25) is 4.90 Å². The lowest BCUT2D eigenvalue weighted by molar-refractivity contribution is 0.175. The predicted molar refractivity (Wildman–Crippen MR) is 70.1 cm³/mol. The van der Waals surface area contributed by atoms with Crippen LogP contribution in [0.25, 0.3) is 0 Å². The van der Waals surface area contributed by atoms with Gasteiger partial charge in [0.2, 0.25) is 0 Å². The maximum atomic E-state index is 9.05. The zero-order chi connectivity index (χ0) is 12.3. The largest absolute Gasteiger partial charge is 0.488 e. The van der Waals surface area contributed by atoms with Crippen LogP contribution in [-0.4, -0.2) is 35.2 Å². The third-order valence-corrected chi connectivity index (χ3v) is 3.66. The Hall–Kier alpha value is -0.835. The summed E-state index contributed by atoms with van der Waals surface area (Å²) in [4.78, 5) is 2.49. The number of hydrogen-bond acceptors (Lipinski definition) is 3. The van der Waals surface area contributed by atoms with Gasteiger partial charge in [0.25, 0.3) is 0 Å². The number of likely N-dealkylation sites (tertiary alicyclic amines) is 1. The highest BCUT2D eigenvalue weighted by Gasteiger charge is 2.18. The van der Waals surface area contributed by atoms with Crippen LogP contribution in [0.15, 0.2) is 24.3 Å². The fraction of sp³-hybridized carbons (Fsp3) is 0.538. The van der Waals surface area contributed by atoms with Crippen molar-refractivity contribution in [3.8, 4) is 0 Å². The summed E-state index contributed by atoms with van der Waals surface area (Å²) >= 11 is 0. The van der Waals surface area contributed by atoms with Gasteiger partial charge >= 0.3 is 7.12 Å². The molecule has 0 spiro atoms. The Bertz CT molecular complexity index is 347. The average molecular weight is 233 g/mol. The molecule has 17 heavy (non-hydrogen) atoms. The first kappa shape index (κ1) is 12.6. The Morgan fingerprint density at radius 1 is 1.06 bits per heavy atom. The summed E-state index contributed by atoms with van der Waals surface area (Å²) in [5, 5.41) is 18.1. The number of nitrogens with zero attached hydrogens (tertiary/aromatic N) is 1. The second-order valence-corrected chi connectivity index (χ2v) is 4.81. The van der Waals surface area contributed by atoms with E-state index in [0.29, 0.717) is 11.5 Å². The third kappa shape index (κ3) is 3.09. The summed E-state index contributed by atoms with van der Waals surface area (Å²) < 4.78 is 0. The monoisotopic (exact) mass is 233 g/mol. The predicted octanol–water partition coefficient (Wildman–Crippen LogP) is 0.913. The molecule has 0 saturated carbocycles. The van der Waals surface area contributed by atoms with E-state index in [1.807, 2.05) is 12.1 Å². The molecular weight excluding hydrogens is 213 g/mol. The van der Waals surface area contributed by atoms with Crippen molar-refractivity contribution in [3.05, 3.63) is 29.8 Å². The van der Waals surface area contributed by atoms with Gasteiger partial charge in [0.15, 0.2) is 0 Å². The molecule has 0 amide bonds. The SMILES string of the molecule is C[C@H](c1ccc(B(O)O)cc1)N1CCCCC1. The highest BCUT2D eigenvalue weighted by Crippen LogP contribution is 2.23. The summed E-state index contributed by atoms with van der Waals surface area (Å²) in [6.07, 6.45) is 3.93. The van der Waals surface area contributed by atoms with Crippen LogP contribution in [0.3, 0.4) is 0 Å². The van der Waals surface area contributed by atoms with Gasteiger partial charge in [0.05, 0.1) is 0 Å². The molecule has 0 radical (unpaired) electrons. The molecule has 1 heterocycles. The Morgan fingerprint density at radius 3 is 2.18 bits per heavy atom. The second kappa shape index (κ2) is 5.67. The van der Waals surface area contributed by atoms with E-state index in [9.17, 15) is 0 Å². The van der Waals surface area contributed by atoms with Gasteiger partial charge in [-0.25, -0.2) is 0 Å². The molecule has 1 aromatic carbocycles. The van der Waals surface area contributed by atoms with Crippen LogP contribution in [0.1, 0.15) is 37.8 Å². The Labute approximate surface area is 103 Å². The minimum Gasteiger partial charge on any atom is -0.423 e. The molecule has 0 aromatic heterocycles. The first-order chi connectivity index (χ1) is 8.18. The van der Waals surface area contributed by atoms with E-state index < -0.39 is 7.12 Å². The molecule has 0 unspecified atom stereocenters. The lowest BCUT2D eigenvalue weighted by Gasteiger charge is -2.32. The quantitative estimate of drug-likeness (QED) is 0.763. The summed E-state index contributed by atoms with van der Waals surface area (Å²) in [6.45, 7) is 4.56. The van der Waals surface area contributed by atoms with Gasteiger partial charge in [-0.1, -0.05) is 30.7 Å². The molecule has 1 aliphatic rings. The average Bonchev–Trinajstić information content (AvgIpc) is 2.39. The molecule has 92 valence electrons. The van der Waals surface area contributed by atoms with Gasteiger partial charge in [0.1, 0.15) is 0 Å². The van der Waals surface area contributed by atoms with E-state index in [2.05, 4.69) is 11.8 Å². The van der Waals surface area contributed by atoms with Crippen molar-refractivity contribution < 1.29 is 10.0 Å². The molecular formula is C13H20BNO2. The van der Waals surface area contributed by atoms with Gasteiger partial charge in [0, 0.05) is 6.04 Å². The lowest BCUT2D eigenvalue weighted by Crippen LogP contribution is -2.33. The first-order valence-corrected chi connectivity index (χ1v) is 6.38. The van der Waals surface area contributed by atoms with Crippen molar-refractivity contribution in [3.63, 3.8) is 0 Å². The lowest BCUT2D eigenvalue weighted by atomic mass is 9.80. The third-order valence-electron chi connectivity index (χ3n) is 3.66. The second-order valence-electron chi connectivity index (χ2n) is 4.81. The maximum absolute atomic E-state index is 9.05. The number of piperidine rings is 1. The molecule has 1 aromatic rings. The van der Waals surface area contributed by atoms with Crippen molar-refractivity contribution >= 4 is 12.6 Å². The molecule has 1 fully saturated rings. The Balaban J connectivity index is 2.05. The van der Waals surface area contributed by atoms with Crippen molar-refractivity contribution in [2.75, 3.05) is 13.1 Å². The smallest absolute Gasteiger partial charge is 0.423 e. The molecule has 1 saturated heterocycles. The zero-order valence-corrected chi connectivity index (χ0v) is 10.3. The van der Waals surface area contributed by atoms with Crippen molar-refractivity contribution in [1.29, 1.82) is 0 Å². The van der Waals surface area contributed by atoms with Crippen molar-refractivity contribution in [1.82, 2.24) is 4.90 Å². The van der Waals surface area contributed by atoms with Crippen molar-refractivity contribution in [2.24, 2.45) is 0 Å². The van der Waals surface area contributed by atoms with Crippen LogP contribution in [0.5, 0.6) is 0 Å². The van der Waals surface area contributed by atoms with Crippen LogP contribution in [0, 0.1) is 0 Å². The number of benzene rings is 1. The molecule has 1 atom stereocenters. The minimum atomic E-state index is -1.37. The normalized spacial score (nSPS) is 19.0. The van der Waals surface area contributed by atoms with Crippen LogP contribution < -0.4 is 5.46 Å².